The molecule has 0 aliphatic heterocycles. The molecule has 1 aromatic carbocycles. The molecule has 1 rings (SSSR count). The predicted octanol–water partition coefficient (Wildman–Crippen LogP) is 2.50. The highest BCUT2D eigenvalue weighted by atomic mass is 19.1. The standard InChI is InChI=1S/C13H17FN4O2/c1-13(12(19)20-2,16-8-5-9-17-18-15)10-6-3-4-7-11(10)14/h3-4,6-7,16H,5,8-9H2,1-2H3. The van der Waals surface area contributed by atoms with Crippen LogP contribution in [0.25, 0.3) is 10.4 Å². The molecule has 0 saturated heterocycles. The summed E-state index contributed by atoms with van der Waals surface area (Å²) < 4.78 is 18.7. The molecule has 1 atom stereocenters. The summed E-state index contributed by atoms with van der Waals surface area (Å²) in [5, 5.41) is 6.36. The lowest BCUT2D eigenvalue weighted by molar-refractivity contribution is -0.148. The summed E-state index contributed by atoms with van der Waals surface area (Å²) in [7, 11) is 1.25. The van der Waals surface area contributed by atoms with Crippen LogP contribution in [-0.2, 0) is 15.1 Å². The van der Waals surface area contributed by atoms with Gasteiger partial charge < -0.3 is 4.74 Å². The summed E-state index contributed by atoms with van der Waals surface area (Å²) in [4.78, 5) is 14.6. The van der Waals surface area contributed by atoms with E-state index in [0.29, 0.717) is 19.5 Å². The third kappa shape index (κ3) is 3.69. The van der Waals surface area contributed by atoms with E-state index < -0.39 is 17.3 Å². The minimum atomic E-state index is -1.28. The fourth-order valence-corrected chi connectivity index (χ4v) is 1.88. The number of benzene rings is 1. The zero-order valence-electron chi connectivity index (χ0n) is 11.5. The minimum Gasteiger partial charge on any atom is -0.467 e. The van der Waals surface area contributed by atoms with Gasteiger partial charge in [-0.05, 0) is 31.5 Å². The molecule has 0 aromatic heterocycles. The Morgan fingerprint density at radius 3 is 2.85 bits per heavy atom. The molecule has 0 bridgehead atoms. The topological polar surface area (TPSA) is 87.1 Å². The van der Waals surface area contributed by atoms with Gasteiger partial charge in [-0.25, -0.2) is 9.18 Å². The first-order valence-corrected chi connectivity index (χ1v) is 6.15. The lowest BCUT2D eigenvalue weighted by atomic mass is 9.91. The lowest BCUT2D eigenvalue weighted by Gasteiger charge is -2.28. The van der Waals surface area contributed by atoms with E-state index in [0.717, 1.165) is 0 Å². The van der Waals surface area contributed by atoms with Crippen molar-refractivity contribution >= 4 is 5.97 Å². The minimum absolute atomic E-state index is 0.218. The maximum atomic E-state index is 13.9. The Morgan fingerprint density at radius 2 is 2.25 bits per heavy atom. The molecule has 0 radical (unpaired) electrons. The van der Waals surface area contributed by atoms with Gasteiger partial charge in [0.2, 0.25) is 0 Å². The second kappa shape index (κ2) is 7.47. The maximum absolute atomic E-state index is 13.9. The van der Waals surface area contributed by atoms with Crippen molar-refractivity contribution in [3.05, 3.63) is 46.1 Å². The van der Waals surface area contributed by atoms with Crippen molar-refractivity contribution in [3.63, 3.8) is 0 Å². The van der Waals surface area contributed by atoms with Crippen LogP contribution in [0.2, 0.25) is 0 Å². The summed E-state index contributed by atoms with van der Waals surface area (Å²) in [6.45, 7) is 2.25. The first-order chi connectivity index (χ1) is 9.56. The van der Waals surface area contributed by atoms with Crippen molar-refractivity contribution in [1.29, 1.82) is 0 Å². The first-order valence-electron chi connectivity index (χ1n) is 6.15. The van der Waals surface area contributed by atoms with Crippen LogP contribution in [0.3, 0.4) is 0 Å². The van der Waals surface area contributed by atoms with E-state index in [-0.39, 0.29) is 5.56 Å². The number of halogens is 1. The first kappa shape index (κ1) is 15.9. The summed E-state index contributed by atoms with van der Waals surface area (Å²) in [6.07, 6.45) is 0.533. The van der Waals surface area contributed by atoms with Crippen LogP contribution in [0, 0.1) is 5.82 Å². The number of methoxy groups -OCH3 is 1. The van der Waals surface area contributed by atoms with Crippen molar-refractivity contribution in [2.75, 3.05) is 20.2 Å². The van der Waals surface area contributed by atoms with Crippen molar-refractivity contribution in [1.82, 2.24) is 5.32 Å². The van der Waals surface area contributed by atoms with Gasteiger partial charge in [-0.2, -0.15) is 0 Å². The zero-order chi connectivity index (χ0) is 15.0. The summed E-state index contributed by atoms with van der Waals surface area (Å²) in [5.74, 6) is -1.06. The molecular weight excluding hydrogens is 263 g/mol. The second-order valence-electron chi connectivity index (χ2n) is 4.33. The average molecular weight is 280 g/mol. The molecule has 1 N–H and O–H groups in total. The smallest absolute Gasteiger partial charge is 0.330 e. The van der Waals surface area contributed by atoms with E-state index in [1.54, 1.807) is 19.1 Å². The van der Waals surface area contributed by atoms with Gasteiger partial charge in [-0.3, -0.25) is 5.32 Å². The molecule has 1 unspecified atom stereocenters. The molecule has 0 amide bonds. The van der Waals surface area contributed by atoms with Gasteiger partial charge in [0.05, 0.1) is 7.11 Å². The van der Waals surface area contributed by atoms with Gasteiger partial charge in [0.1, 0.15) is 11.4 Å². The Kier molecular flexibility index (Phi) is 5.96. The fraction of sp³-hybridized carbons (Fsp3) is 0.462. The number of rotatable bonds is 7. The van der Waals surface area contributed by atoms with Crippen molar-refractivity contribution in [2.24, 2.45) is 5.11 Å². The quantitative estimate of drug-likeness (QED) is 0.274. The Labute approximate surface area is 116 Å². The average Bonchev–Trinajstić information content (AvgIpc) is 2.46. The number of carbonyl (C=O) groups excluding carboxylic acids is 1. The van der Waals surface area contributed by atoms with Gasteiger partial charge in [-0.15, -0.1) is 0 Å². The predicted molar refractivity (Wildman–Crippen MR) is 72.4 cm³/mol. The monoisotopic (exact) mass is 280 g/mol. The van der Waals surface area contributed by atoms with Crippen LogP contribution in [0.5, 0.6) is 0 Å². The van der Waals surface area contributed by atoms with Crippen LogP contribution in [-0.4, -0.2) is 26.2 Å². The number of esters is 1. The van der Waals surface area contributed by atoms with Crippen molar-refractivity contribution in [2.45, 2.75) is 18.9 Å². The van der Waals surface area contributed by atoms with Gasteiger partial charge in [-0.1, -0.05) is 23.3 Å². The van der Waals surface area contributed by atoms with Gasteiger partial charge in [0, 0.05) is 17.0 Å². The molecule has 0 aliphatic carbocycles. The zero-order valence-corrected chi connectivity index (χ0v) is 11.5. The summed E-state index contributed by atoms with van der Waals surface area (Å²) in [5.41, 5.74) is 7.12. The Bertz CT molecular complexity index is 517. The van der Waals surface area contributed by atoms with E-state index >= 15 is 0 Å². The normalized spacial score (nSPS) is 13.2. The number of hydrogen-bond acceptors (Lipinski definition) is 4. The van der Waals surface area contributed by atoms with Crippen LogP contribution >= 0.6 is 0 Å². The van der Waals surface area contributed by atoms with E-state index in [4.69, 9.17) is 10.3 Å². The number of nitrogens with zero attached hydrogens (tertiary/aromatic N) is 3. The lowest BCUT2D eigenvalue weighted by Crippen LogP contribution is -2.48. The fourth-order valence-electron chi connectivity index (χ4n) is 1.88. The van der Waals surface area contributed by atoms with Crippen molar-refractivity contribution in [3.8, 4) is 0 Å². The molecule has 20 heavy (non-hydrogen) atoms. The van der Waals surface area contributed by atoms with Gasteiger partial charge in [0.25, 0.3) is 0 Å². The largest absolute Gasteiger partial charge is 0.467 e. The SMILES string of the molecule is COC(=O)C(C)(NCCCN=[N+]=[N-])c1ccccc1F. The molecule has 1 aromatic rings. The van der Waals surface area contributed by atoms with E-state index in [2.05, 4.69) is 15.3 Å². The Morgan fingerprint density at radius 1 is 1.55 bits per heavy atom. The molecule has 0 aliphatic rings. The molecule has 0 saturated carbocycles. The summed E-state index contributed by atoms with van der Waals surface area (Å²) >= 11 is 0. The molecule has 108 valence electrons. The number of carbonyl (C=O) groups is 1. The molecule has 0 fully saturated rings. The van der Waals surface area contributed by atoms with E-state index in [9.17, 15) is 9.18 Å². The van der Waals surface area contributed by atoms with Gasteiger partial charge >= 0.3 is 5.97 Å². The number of hydrogen-bond donors (Lipinski definition) is 1. The van der Waals surface area contributed by atoms with Crippen LogP contribution in [0.1, 0.15) is 18.9 Å². The highest BCUT2D eigenvalue weighted by Crippen LogP contribution is 2.25. The second-order valence-corrected chi connectivity index (χ2v) is 4.33. The van der Waals surface area contributed by atoms with E-state index in [1.165, 1.54) is 19.2 Å². The van der Waals surface area contributed by atoms with E-state index in [1.807, 2.05) is 0 Å². The summed E-state index contributed by atoms with van der Waals surface area (Å²) in [6, 6.07) is 6.03. The Balaban J connectivity index is 2.90. The van der Waals surface area contributed by atoms with Crippen LogP contribution < -0.4 is 5.32 Å². The molecule has 0 spiro atoms. The van der Waals surface area contributed by atoms with Crippen molar-refractivity contribution < 1.29 is 13.9 Å². The van der Waals surface area contributed by atoms with Gasteiger partial charge in [0.15, 0.2) is 0 Å². The number of nitrogens with one attached hydrogen (secondary N) is 1. The molecule has 6 nitrogen and oxygen atoms in total. The highest BCUT2D eigenvalue weighted by Gasteiger charge is 2.37. The van der Waals surface area contributed by atoms with Crippen LogP contribution in [0.4, 0.5) is 4.39 Å². The Hall–Kier alpha value is -2.11. The maximum Gasteiger partial charge on any atom is 0.330 e. The molecule has 7 heteroatoms. The number of azide groups is 1. The third-order valence-corrected chi connectivity index (χ3v) is 2.98. The highest BCUT2D eigenvalue weighted by molar-refractivity contribution is 5.82. The van der Waals surface area contributed by atoms with Crippen LogP contribution in [0.15, 0.2) is 29.4 Å². The molecule has 0 heterocycles. The molecular formula is C13H17FN4O2. The third-order valence-electron chi connectivity index (χ3n) is 2.98. The number of ether oxygens (including phenoxy) is 1.